The van der Waals surface area contributed by atoms with Crippen molar-refractivity contribution in [1.82, 2.24) is 5.32 Å². The van der Waals surface area contributed by atoms with Crippen molar-refractivity contribution in [1.29, 1.82) is 0 Å². The summed E-state index contributed by atoms with van der Waals surface area (Å²) in [7, 11) is 0. The van der Waals surface area contributed by atoms with Crippen LogP contribution in [-0.4, -0.2) is 47.4 Å². The molecule has 6 nitrogen and oxygen atoms in total. The molecule has 0 aromatic carbocycles. The molecule has 0 aliphatic carbocycles. The van der Waals surface area contributed by atoms with Gasteiger partial charge in [-0.05, 0) is 57.8 Å². The summed E-state index contributed by atoms with van der Waals surface area (Å²) in [5.41, 5.74) is 0. The molecule has 0 rings (SSSR count). The van der Waals surface area contributed by atoms with Gasteiger partial charge < -0.3 is 20.3 Å². The number of carbonyl (C=O) groups excluding carboxylic acids is 2. The molecule has 0 aromatic heterocycles. The van der Waals surface area contributed by atoms with E-state index in [0.29, 0.717) is 19.4 Å². The maximum Gasteiger partial charge on any atom is 0.305 e. The Hall–Kier alpha value is -1.66. The number of carbonyl (C=O) groups is 2. The molecule has 0 radical (unpaired) electrons. The van der Waals surface area contributed by atoms with Crippen molar-refractivity contribution in [2.24, 2.45) is 0 Å². The number of amides is 1. The number of hydrogen-bond donors (Lipinski definition) is 3. The number of aliphatic hydroxyl groups is 2. The van der Waals surface area contributed by atoms with Gasteiger partial charge >= 0.3 is 5.97 Å². The van der Waals surface area contributed by atoms with Crippen LogP contribution in [0, 0.1) is 0 Å². The second kappa shape index (κ2) is 60.9. The Morgan fingerprint density at radius 2 is 0.662 bits per heavy atom. The molecule has 0 saturated carbocycles. The van der Waals surface area contributed by atoms with Gasteiger partial charge in [0.15, 0.2) is 0 Å². The monoisotopic (exact) mass is 1000 g/mol. The molecule has 3 N–H and O–H groups in total. The fraction of sp³-hybridized carbons (Fsp3) is 0.908. The Balaban J connectivity index is 3.38. The molecule has 0 aliphatic rings. The molecule has 0 bridgehead atoms. The Bertz CT molecular complexity index is 1110. The Kier molecular flexibility index (Phi) is 59.5. The topological polar surface area (TPSA) is 95.9 Å². The number of esters is 1. The summed E-state index contributed by atoms with van der Waals surface area (Å²) in [6.45, 7) is 4.92. The van der Waals surface area contributed by atoms with Crippen molar-refractivity contribution in [2.75, 3.05) is 13.2 Å². The first kappa shape index (κ1) is 69.3. The van der Waals surface area contributed by atoms with E-state index in [1.54, 1.807) is 6.08 Å². The first-order valence-corrected chi connectivity index (χ1v) is 32.1. The van der Waals surface area contributed by atoms with Crippen LogP contribution in [0.1, 0.15) is 354 Å². The number of rotatable bonds is 60. The third-order valence-electron chi connectivity index (χ3n) is 15.0. The summed E-state index contributed by atoms with van der Waals surface area (Å²) in [6.07, 6.45) is 75.2. The Morgan fingerprint density at radius 1 is 0.380 bits per heavy atom. The smallest absolute Gasteiger partial charge is 0.305 e. The quantitative estimate of drug-likeness (QED) is 0.0320. The lowest BCUT2D eigenvalue weighted by Gasteiger charge is -2.20. The van der Waals surface area contributed by atoms with E-state index in [1.165, 1.54) is 289 Å². The van der Waals surface area contributed by atoms with Crippen LogP contribution < -0.4 is 5.32 Å². The zero-order valence-electron chi connectivity index (χ0n) is 48.0. The summed E-state index contributed by atoms with van der Waals surface area (Å²) in [5, 5.41) is 23.1. The number of ether oxygens (including phenoxy) is 1. The van der Waals surface area contributed by atoms with E-state index in [2.05, 4.69) is 31.3 Å². The Labute approximate surface area is 443 Å². The minimum atomic E-state index is -0.846. The SMILES string of the molecule is CCCCCCCCCCCC/C=C/C(O)C(CO)NC(=O)CCCCCCCCCC/C=C\CCCCCCCCCCCCCCOC(=O)CCCCCCCCCCCCCCCCCCCC. The van der Waals surface area contributed by atoms with E-state index in [9.17, 15) is 19.8 Å². The highest BCUT2D eigenvalue weighted by Gasteiger charge is 2.18. The average molecular weight is 1000 g/mol. The van der Waals surface area contributed by atoms with Gasteiger partial charge in [-0.1, -0.05) is 308 Å². The van der Waals surface area contributed by atoms with Crippen LogP contribution in [0.2, 0.25) is 0 Å². The third-order valence-corrected chi connectivity index (χ3v) is 15.0. The van der Waals surface area contributed by atoms with E-state index < -0.39 is 12.1 Å². The van der Waals surface area contributed by atoms with Crippen LogP contribution in [0.15, 0.2) is 24.3 Å². The largest absolute Gasteiger partial charge is 0.466 e. The highest BCUT2D eigenvalue weighted by Crippen LogP contribution is 2.18. The lowest BCUT2D eigenvalue weighted by atomic mass is 10.0. The molecule has 2 unspecified atom stereocenters. The normalized spacial score (nSPS) is 12.7. The van der Waals surface area contributed by atoms with E-state index in [0.717, 1.165) is 38.5 Å². The first-order valence-electron chi connectivity index (χ1n) is 32.1. The number of aliphatic hydroxyl groups excluding tert-OH is 2. The van der Waals surface area contributed by atoms with Gasteiger partial charge in [-0.15, -0.1) is 0 Å². The van der Waals surface area contributed by atoms with Crippen molar-refractivity contribution in [3.8, 4) is 0 Å². The molecule has 0 saturated heterocycles. The Morgan fingerprint density at radius 3 is 1.00 bits per heavy atom. The van der Waals surface area contributed by atoms with Crippen LogP contribution in [0.3, 0.4) is 0 Å². The summed E-state index contributed by atoms with van der Waals surface area (Å²) >= 11 is 0. The fourth-order valence-corrected chi connectivity index (χ4v) is 10.0. The van der Waals surface area contributed by atoms with E-state index in [-0.39, 0.29) is 18.5 Å². The first-order chi connectivity index (χ1) is 35.0. The second-order valence-electron chi connectivity index (χ2n) is 22.1. The molecule has 1 amide bonds. The zero-order chi connectivity index (χ0) is 51.4. The second-order valence-corrected chi connectivity index (χ2v) is 22.1. The molecule has 0 aromatic rings. The number of unbranched alkanes of at least 4 members (excludes halogenated alkanes) is 47. The van der Waals surface area contributed by atoms with Crippen LogP contribution in [-0.2, 0) is 14.3 Å². The molecule has 71 heavy (non-hydrogen) atoms. The van der Waals surface area contributed by atoms with Crippen LogP contribution in [0.5, 0.6) is 0 Å². The highest BCUT2D eigenvalue weighted by atomic mass is 16.5. The lowest BCUT2D eigenvalue weighted by Crippen LogP contribution is -2.45. The molecule has 420 valence electrons. The molecule has 0 fully saturated rings. The molecule has 0 aliphatic heterocycles. The maximum atomic E-state index is 12.4. The van der Waals surface area contributed by atoms with Crippen molar-refractivity contribution >= 4 is 11.9 Å². The molecule has 6 heteroatoms. The van der Waals surface area contributed by atoms with Crippen molar-refractivity contribution in [2.45, 2.75) is 366 Å². The van der Waals surface area contributed by atoms with Crippen molar-refractivity contribution in [3.63, 3.8) is 0 Å². The van der Waals surface area contributed by atoms with Crippen molar-refractivity contribution < 1.29 is 24.5 Å². The van der Waals surface area contributed by atoms with Gasteiger partial charge in [0.05, 0.1) is 25.4 Å². The summed E-state index contributed by atoms with van der Waals surface area (Å²) in [6, 6.07) is -0.630. The fourth-order valence-electron chi connectivity index (χ4n) is 10.0. The average Bonchev–Trinajstić information content (AvgIpc) is 3.37. The predicted molar refractivity (Wildman–Crippen MR) is 310 cm³/mol. The third kappa shape index (κ3) is 57.5. The minimum Gasteiger partial charge on any atom is -0.466 e. The molecule has 0 heterocycles. The number of allylic oxidation sites excluding steroid dienone is 3. The van der Waals surface area contributed by atoms with Gasteiger partial charge in [0.25, 0.3) is 0 Å². The summed E-state index contributed by atoms with van der Waals surface area (Å²) in [4.78, 5) is 24.5. The molecule has 0 spiro atoms. The standard InChI is InChI=1S/C65H125NO5/c1-3-5-7-9-11-13-15-17-18-19-29-32-35-39-43-47-51-55-59-65(70)71-60-56-52-48-44-40-36-33-30-27-25-23-21-20-22-24-26-28-31-34-38-42-46-50-54-58-64(69)66-62(61-67)63(68)57-53-49-45-41-37-16-14-12-10-8-6-4-2/h22,24,53,57,62-63,67-68H,3-21,23,25-52,54-56,58-61H2,1-2H3,(H,66,69)/b24-22-,57-53+. The van der Waals surface area contributed by atoms with Gasteiger partial charge in [0.1, 0.15) is 0 Å². The van der Waals surface area contributed by atoms with Crippen LogP contribution >= 0.6 is 0 Å². The molecule has 2 atom stereocenters. The van der Waals surface area contributed by atoms with Gasteiger partial charge in [-0.3, -0.25) is 9.59 Å². The van der Waals surface area contributed by atoms with Crippen molar-refractivity contribution in [3.05, 3.63) is 24.3 Å². The molecular formula is C65H125NO5. The lowest BCUT2D eigenvalue weighted by molar-refractivity contribution is -0.143. The summed E-state index contributed by atoms with van der Waals surface area (Å²) in [5.74, 6) is -0.0554. The van der Waals surface area contributed by atoms with E-state index in [1.807, 2.05) is 6.08 Å². The van der Waals surface area contributed by atoms with Crippen LogP contribution in [0.4, 0.5) is 0 Å². The number of hydrogen-bond acceptors (Lipinski definition) is 5. The zero-order valence-corrected chi connectivity index (χ0v) is 48.0. The summed E-state index contributed by atoms with van der Waals surface area (Å²) < 4.78 is 5.50. The van der Waals surface area contributed by atoms with Gasteiger partial charge in [0, 0.05) is 12.8 Å². The highest BCUT2D eigenvalue weighted by molar-refractivity contribution is 5.76. The van der Waals surface area contributed by atoms with E-state index in [4.69, 9.17) is 4.74 Å². The van der Waals surface area contributed by atoms with E-state index >= 15 is 0 Å². The van der Waals surface area contributed by atoms with Gasteiger partial charge in [-0.2, -0.15) is 0 Å². The minimum absolute atomic E-state index is 0.0167. The molecular weight excluding hydrogens is 875 g/mol. The van der Waals surface area contributed by atoms with Gasteiger partial charge in [-0.25, -0.2) is 0 Å². The predicted octanol–water partition coefficient (Wildman–Crippen LogP) is 20.2. The van der Waals surface area contributed by atoms with Gasteiger partial charge in [0.2, 0.25) is 5.91 Å². The number of nitrogens with one attached hydrogen (secondary N) is 1. The maximum absolute atomic E-state index is 12.4. The van der Waals surface area contributed by atoms with Crippen LogP contribution in [0.25, 0.3) is 0 Å².